The molecule has 94 valence electrons. The van der Waals surface area contributed by atoms with Crippen LogP contribution in [0.25, 0.3) is 0 Å². The van der Waals surface area contributed by atoms with Gasteiger partial charge in [-0.1, -0.05) is 37.3 Å². The van der Waals surface area contributed by atoms with Crippen LogP contribution in [0.4, 0.5) is 4.39 Å². The summed E-state index contributed by atoms with van der Waals surface area (Å²) in [6, 6.07) is 11.4. The maximum atomic E-state index is 13.5. The summed E-state index contributed by atoms with van der Waals surface area (Å²) in [5.74, 6) is -0.279. The molecule has 2 atom stereocenters. The minimum atomic E-state index is -0.803. The van der Waals surface area contributed by atoms with E-state index in [0.717, 1.165) is 11.8 Å². The Hall–Kier alpha value is -1.74. The minimum absolute atomic E-state index is 0.175. The van der Waals surface area contributed by atoms with Crippen LogP contribution in [0.3, 0.4) is 0 Å². The topological polar surface area (TPSA) is 33.1 Å². The molecule has 0 bridgehead atoms. The van der Waals surface area contributed by atoms with E-state index in [2.05, 4.69) is 4.98 Å². The SMILES string of the molecule is CC(CC(O)c1ccncc1F)c1ccccc1. The van der Waals surface area contributed by atoms with E-state index in [1.165, 1.54) is 12.3 Å². The standard InChI is InChI=1S/C15H16FNO/c1-11(12-5-3-2-4-6-12)9-15(18)13-7-8-17-10-14(13)16/h2-8,10-11,15,18H,9H2,1H3. The first-order chi connectivity index (χ1) is 8.68. The highest BCUT2D eigenvalue weighted by Crippen LogP contribution is 2.28. The first-order valence-corrected chi connectivity index (χ1v) is 6.01. The zero-order valence-corrected chi connectivity index (χ0v) is 10.3. The molecule has 18 heavy (non-hydrogen) atoms. The summed E-state index contributed by atoms with van der Waals surface area (Å²) in [7, 11) is 0. The zero-order valence-electron chi connectivity index (χ0n) is 10.3. The molecule has 0 saturated heterocycles. The van der Waals surface area contributed by atoms with Crippen molar-refractivity contribution in [3.63, 3.8) is 0 Å². The van der Waals surface area contributed by atoms with Gasteiger partial charge in [0, 0.05) is 11.8 Å². The molecule has 2 aromatic rings. The molecule has 2 nitrogen and oxygen atoms in total. The minimum Gasteiger partial charge on any atom is -0.388 e. The normalized spacial score (nSPS) is 14.2. The molecule has 0 aliphatic carbocycles. The molecule has 0 radical (unpaired) electrons. The van der Waals surface area contributed by atoms with Crippen molar-refractivity contribution in [2.24, 2.45) is 0 Å². The van der Waals surface area contributed by atoms with Gasteiger partial charge in [0.05, 0.1) is 12.3 Å². The third-order valence-corrected chi connectivity index (χ3v) is 3.11. The molecule has 2 rings (SSSR count). The van der Waals surface area contributed by atoms with Gasteiger partial charge in [0.25, 0.3) is 0 Å². The van der Waals surface area contributed by atoms with Gasteiger partial charge in [-0.25, -0.2) is 4.39 Å². The fraction of sp³-hybridized carbons (Fsp3) is 0.267. The Morgan fingerprint density at radius 3 is 2.61 bits per heavy atom. The Morgan fingerprint density at radius 1 is 1.22 bits per heavy atom. The lowest BCUT2D eigenvalue weighted by atomic mass is 9.92. The number of hydrogen-bond acceptors (Lipinski definition) is 2. The Kier molecular flexibility index (Phi) is 4.05. The lowest BCUT2D eigenvalue weighted by molar-refractivity contribution is 0.155. The third kappa shape index (κ3) is 2.93. The van der Waals surface area contributed by atoms with Crippen molar-refractivity contribution in [3.8, 4) is 0 Å². The molecule has 0 saturated carbocycles. The van der Waals surface area contributed by atoms with Gasteiger partial charge in [-0.3, -0.25) is 4.98 Å². The quantitative estimate of drug-likeness (QED) is 0.895. The number of aromatic nitrogens is 1. The Bertz CT molecular complexity index is 501. The Morgan fingerprint density at radius 2 is 1.94 bits per heavy atom. The molecular formula is C15H16FNO. The number of rotatable bonds is 4. The smallest absolute Gasteiger partial charge is 0.147 e. The maximum absolute atomic E-state index is 13.5. The molecule has 0 fully saturated rings. The van der Waals surface area contributed by atoms with Crippen LogP contribution in [-0.4, -0.2) is 10.1 Å². The summed E-state index contributed by atoms with van der Waals surface area (Å²) >= 11 is 0. The number of aliphatic hydroxyl groups excluding tert-OH is 1. The summed E-state index contributed by atoms with van der Waals surface area (Å²) in [6.07, 6.45) is 2.31. The van der Waals surface area contributed by atoms with E-state index in [1.807, 2.05) is 37.3 Å². The highest BCUT2D eigenvalue weighted by atomic mass is 19.1. The van der Waals surface area contributed by atoms with Gasteiger partial charge in [0.1, 0.15) is 5.82 Å². The third-order valence-electron chi connectivity index (χ3n) is 3.11. The number of nitrogens with zero attached hydrogens (tertiary/aromatic N) is 1. The van der Waals surface area contributed by atoms with Crippen LogP contribution in [0.1, 0.15) is 36.5 Å². The number of halogens is 1. The van der Waals surface area contributed by atoms with Crippen molar-refractivity contribution in [2.75, 3.05) is 0 Å². The van der Waals surface area contributed by atoms with Gasteiger partial charge in [0.15, 0.2) is 0 Å². The van der Waals surface area contributed by atoms with E-state index < -0.39 is 11.9 Å². The van der Waals surface area contributed by atoms with E-state index in [4.69, 9.17) is 0 Å². The van der Waals surface area contributed by atoms with Crippen LogP contribution in [0.5, 0.6) is 0 Å². The predicted octanol–water partition coefficient (Wildman–Crippen LogP) is 3.45. The second-order valence-corrected chi connectivity index (χ2v) is 4.46. The summed E-state index contributed by atoms with van der Waals surface area (Å²) < 4.78 is 13.5. The van der Waals surface area contributed by atoms with Crippen molar-refractivity contribution in [3.05, 3.63) is 65.7 Å². The van der Waals surface area contributed by atoms with Crippen LogP contribution in [-0.2, 0) is 0 Å². The first kappa shape index (κ1) is 12.7. The number of aliphatic hydroxyl groups is 1. The van der Waals surface area contributed by atoms with Gasteiger partial charge < -0.3 is 5.11 Å². The van der Waals surface area contributed by atoms with Crippen LogP contribution in [0.15, 0.2) is 48.8 Å². The maximum Gasteiger partial charge on any atom is 0.147 e. The largest absolute Gasteiger partial charge is 0.388 e. The summed E-state index contributed by atoms with van der Waals surface area (Å²) in [5, 5.41) is 10.1. The van der Waals surface area contributed by atoms with Crippen LogP contribution in [0.2, 0.25) is 0 Å². The molecular weight excluding hydrogens is 229 g/mol. The van der Waals surface area contributed by atoms with Crippen molar-refractivity contribution in [2.45, 2.75) is 25.4 Å². The van der Waals surface area contributed by atoms with Crippen molar-refractivity contribution >= 4 is 0 Å². The molecule has 0 amide bonds. The predicted molar refractivity (Wildman–Crippen MR) is 68.6 cm³/mol. The van der Waals surface area contributed by atoms with Gasteiger partial charge in [0.2, 0.25) is 0 Å². The molecule has 1 heterocycles. The second kappa shape index (κ2) is 5.74. The summed E-state index contributed by atoms with van der Waals surface area (Å²) in [6.45, 7) is 2.03. The second-order valence-electron chi connectivity index (χ2n) is 4.46. The number of benzene rings is 1. The van der Waals surface area contributed by atoms with Gasteiger partial charge in [-0.15, -0.1) is 0 Å². The fourth-order valence-electron chi connectivity index (χ4n) is 2.04. The van der Waals surface area contributed by atoms with Crippen molar-refractivity contribution < 1.29 is 9.50 Å². The summed E-state index contributed by atoms with van der Waals surface area (Å²) in [5.41, 5.74) is 1.46. The highest BCUT2D eigenvalue weighted by Gasteiger charge is 2.16. The van der Waals surface area contributed by atoms with Crippen LogP contribution >= 0.6 is 0 Å². The van der Waals surface area contributed by atoms with E-state index in [-0.39, 0.29) is 5.92 Å². The average molecular weight is 245 g/mol. The summed E-state index contributed by atoms with van der Waals surface area (Å²) in [4.78, 5) is 3.68. The molecule has 2 unspecified atom stereocenters. The molecule has 1 aromatic carbocycles. The highest BCUT2D eigenvalue weighted by molar-refractivity contribution is 5.21. The van der Waals surface area contributed by atoms with Crippen LogP contribution < -0.4 is 0 Å². The number of hydrogen-bond donors (Lipinski definition) is 1. The molecule has 0 aliphatic rings. The van der Waals surface area contributed by atoms with Crippen molar-refractivity contribution in [1.82, 2.24) is 4.98 Å². The fourth-order valence-corrected chi connectivity index (χ4v) is 2.04. The Labute approximate surface area is 106 Å². The zero-order chi connectivity index (χ0) is 13.0. The lowest BCUT2D eigenvalue weighted by Crippen LogP contribution is -2.05. The van der Waals surface area contributed by atoms with Crippen LogP contribution in [0, 0.1) is 5.82 Å². The van der Waals surface area contributed by atoms with E-state index in [9.17, 15) is 9.50 Å². The van der Waals surface area contributed by atoms with Crippen molar-refractivity contribution in [1.29, 1.82) is 0 Å². The van der Waals surface area contributed by atoms with E-state index >= 15 is 0 Å². The lowest BCUT2D eigenvalue weighted by Gasteiger charge is -2.17. The monoisotopic (exact) mass is 245 g/mol. The van der Waals surface area contributed by atoms with Gasteiger partial charge in [-0.05, 0) is 24.0 Å². The van der Waals surface area contributed by atoms with Gasteiger partial charge >= 0.3 is 0 Å². The molecule has 1 N–H and O–H groups in total. The molecule has 1 aromatic heterocycles. The van der Waals surface area contributed by atoms with E-state index in [0.29, 0.717) is 12.0 Å². The van der Waals surface area contributed by atoms with E-state index in [1.54, 1.807) is 0 Å². The first-order valence-electron chi connectivity index (χ1n) is 6.01. The molecule has 0 aliphatic heterocycles. The molecule has 3 heteroatoms. The number of pyridine rings is 1. The van der Waals surface area contributed by atoms with Gasteiger partial charge in [-0.2, -0.15) is 0 Å². The average Bonchev–Trinajstić information content (AvgIpc) is 2.40. The molecule has 0 spiro atoms. The Balaban J connectivity index is 2.08.